The third-order valence-electron chi connectivity index (χ3n) is 5.21. The molecule has 0 bridgehead atoms. The van der Waals surface area contributed by atoms with Gasteiger partial charge in [-0.2, -0.15) is 0 Å². The SMILES string of the molecule is CCC(=O)N(c1ccccc1)C1CCN(CCC2=CC=CC#CC2)CC1. The summed E-state index contributed by atoms with van der Waals surface area (Å²) in [5, 5.41) is 0. The fraction of sp³-hybridized carbons (Fsp3) is 0.435. The van der Waals surface area contributed by atoms with Crippen LogP contribution >= 0.6 is 0 Å². The molecule has 1 aromatic carbocycles. The van der Waals surface area contributed by atoms with Crippen LogP contribution < -0.4 is 4.90 Å². The van der Waals surface area contributed by atoms with E-state index in [4.69, 9.17) is 0 Å². The standard InChI is InChI=1S/C23H28N2O/c1-2-23(26)25(21-12-8-5-9-13-21)22-15-18-24(19-16-22)17-14-20-10-6-3-4-7-11-20/h3,5-6,8-10,12-13,22H,2,11,14-19H2,1H3. The molecule has 1 heterocycles. The number of para-hydroxylation sites is 1. The van der Waals surface area contributed by atoms with Crippen LogP contribution in [-0.4, -0.2) is 36.5 Å². The van der Waals surface area contributed by atoms with Gasteiger partial charge in [0.05, 0.1) is 0 Å². The Morgan fingerprint density at radius 1 is 1.23 bits per heavy atom. The van der Waals surface area contributed by atoms with Gasteiger partial charge in [-0.15, -0.1) is 0 Å². The van der Waals surface area contributed by atoms with E-state index < -0.39 is 0 Å². The van der Waals surface area contributed by atoms with Crippen LogP contribution in [0.25, 0.3) is 0 Å². The molecule has 136 valence electrons. The third-order valence-corrected chi connectivity index (χ3v) is 5.21. The van der Waals surface area contributed by atoms with Gasteiger partial charge in [0.1, 0.15) is 0 Å². The van der Waals surface area contributed by atoms with Crippen molar-refractivity contribution in [2.45, 2.75) is 45.1 Å². The molecule has 3 rings (SSSR count). The molecule has 0 N–H and O–H groups in total. The number of amides is 1. The van der Waals surface area contributed by atoms with Gasteiger partial charge in [-0.05, 0) is 37.5 Å². The van der Waals surface area contributed by atoms with Gasteiger partial charge in [0.15, 0.2) is 0 Å². The minimum Gasteiger partial charge on any atom is -0.309 e. The van der Waals surface area contributed by atoms with Crippen molar-refractivity contribution < 1.29 is 4.79 Å². The number of hydrogen-bond acceptors (Lipinski definition) is 2. The number of likely N-dealkylation sites (tertiary alicyclic amines) is 1. The smallest absolute Gasteiger partial charge is 0.226 e. The monoisotopic (exact) mass is 348 g/mol. The molecule has 1 amide bonds. The zero-order valence-corrected chi connectivity index (χ0v) is 15.7. The van der Waals surface area contributed by atoms with Crippen LogP contribution in [0.5, 0.6) is 0 Å². The van der Waals surface area contributed by atoms with Crippen molar-refractivity contribution >= 4 is 11.6 Å². The van der Waals surface area contributed by atoms with E-state index in [0.717, 1.165) is 51.0 Å². The second-order valence-electron chi connectivity index (χ2n) is 6.96. The summed E-state index contributed by atoms with van der Waals surface area (Å²) >= 11 is 0. The zero-order chi connectivity index (χ0) is 18.2. The molecule has 3 heteroatoms. The Balaban J connectivity index is 1.55. The van der Waals surface area contributed by atoms with Crippen molar-refractivity contribution in [1.82, 2.24) is 4.90 Å². The Morgan fingerprint density at radius 2 is 2.00 bits per heavy atom. The molecule has 1 aliphatic carbocycles. The molecular weight excluding hydrogens is 320 g/mol. The van der Waals surface area contributed by atoms with Crippen LogP contribution in [0.15, 0.2) is 54.1 Å². The van der Waals surface area contributed by atoms with Gasteiger partial charge < -0.3 is 9.80 Å². The summed E-state index contributed by atoms with van der Waals surface area (Å²) in [6, 6.07) is 10.4. The van der Waals surface area contributed by atoms with Crippen molar-refractivity contribution in [3.05, 3.63) is 54.1 Å². The summed E-state index contributed by atoms with van der Waals surface area (Å²) in [4.78, 5) is 17.1. The first kappa shape index (κ1) is 18.5. The van der Waals surface area contributed by atoms with E-state index >= 15 is 0 Å². The summed E-state index contributed by atoms with van der Waals surface area (Å²) in [6.45, 7) is 5.14. The van der Waals surface area contributed by atoms with E-state index in [2.05, 4.69) is 28.9 Å². The predicted molar refractivity (Wildman–Crippen MR) is 108 cm³/mol. The Morgan fingerprint density at radius 3 is 2.73 bits per heavy atom. The van der Waals surface area contributed by atoms with Crippen molar-refractivity contribution in [1.29, 1.82) is 0 Å². The highest BCUT2D eigenvalue weighted by atomic mass is 16.2. The molecule has 0 spiro atoms. The number of allylic oxidation sites excluding steroid dienone is 3. The van der Waals surface area contributed by atoms with Crippen molar-refractivity contribution in [2.24, 2.45) is 0 Å². The molecule has 26 heavy (non-hydrogen) atoms. The van der Waals surface area contributed by atoms with Gasteiger partial charge >= 0.3 is 0 Å². The number of carbonyl (C=O) groups excluding carboxylic acids is 1. The maximum absolute atomic E-state index is 12.5. The number of benzene rings is 1. The maximum Gasteiger partial charge on any atom is 0.226 e. The number of hydrogen-bond donors (Lipinski definition) is 0. The largest absolute Gasteiger partial charge is 0.309 e. The number of carbonyl (C=O) groups is 1. The van der Waals surface area contributed by atoms with Crippen molar-refractivity contribution in [3.63, 3.8) is 0 Å². The average molecular weight is 348 g/mol. The van der Waals surface area contributed by atoms with Gasteiger partial charge in [-0.3, -0.25) is 4.79 Å². The molecule has 0 radical (unpaired) electrons. The van der Waals surface area contributed by atoms with E-state index in [1.54, 1.807) is 0 Å². The van der Waals surface area contributed by atoms with Gasteiger partial charge in [0.2, 0.25) is 5.91 Å². The molecule has 2 aliphatic rings. The number of piperidine rings is 1. The molecule has 0 atom stereocenters. The molecule has 3 nitrogen and oxygen atoms in total. The fourth-order valence-corrected chi connectivity index (χ4v) is 3.71. The lowest BCUT2D eigenvalue weighted by Crippen LogP contribution is -2.47. The second kappa shape index (κ2) is 9.40. The molecule has 1 aliphatic heterocycles. The van der Waals surface area contributed by atoms with Crippen LogP contribution in [0.4, 0.5) is 5.69 Å². The predicted octanol–water partition coefficient (Wildman–Crippen LogP) is 4.17. The molecule has 0 aromatic heterocycles. The highest BCUT2D eigenvalue weighted by molar-refractivity contribution is 5.93. The van der Waals surface area contributed by atoms with Crippen LogP contribution in [0.1, 0.15) is 39.0 Å². The van der Waals surface area contributed by atoms with Gasteiger partial charge in [0, 0.05) is 44.2 Å². The molecule has 1 fully saturated rings. The van der Waals surface area contributed by atoms with E-state index in [9.17, 15) is 4.79 Å². The van der Waals surface area contributed by atoms with Crippen molar-refractivity contribution in [2.75, 3.05) is 24.5 Å². The number of rotatable bonds is 6. The highest BCUT2D eigenvalue weighted by Crippen LogP contribution is 2.25. The first-order valence-corrected chi connectivity index (χ1v) is 9.70. The normalized spacial score (nSPS) is 17.8. The highest BCUT2D eigenvalue weighted by Gasteiger charge is 2.28. The molecule has 0 saturated carbocycles. The molecule has 0 unspecified atom stereocenters. The third kappa shape index (κ3) is 4.86. The minimum atomic E-state index is 0.226. The van der Waals surface area contributed by atoms with Crippen LogP contribution in [-0.2, 0) is 4.79 Å². The summed E-state index contributed by atoms with van der Waals surface area (Å²) in [5.41, 5.74) is 2.45. The van der Waals surface area contributed by atoms with E-state index in [1.807, 2.05) is 48.2 Å². The van der Waals surface area contributed by atoms with E-state index in [-0.39, 0.29) is 5.91 Å². The zero-order valence-electron chi connectivity index (χ0n) is 15.7. The lowest BCUT2D eigenvalue weighted by molar-refractivity contribution is -0.119. The summed E-state index contributed by atoms with van der Waals surface area (Å²) in [6.07, 6.45) is 10.8. The lowest BCUT2D eigenvalue weighted by Gasteiger charge is -2.38. The van der Waals surface area contributed by atoms with Crippen molar-refractivity contribution in [3.8, 4) is 11.8 Å². The Hall–Kier alpha value is -2.31. The Kier molecular flexibility index (Phi) is 6.68. The topological polar surface area (TPSA) is 23.6 Å². The molecule has 1 saturated heterocycles. The van der Waals surface area contributed by atoms with Crippen LogP contribution in [0, 0.1) is 11.8 Å². The first-order valence-electron chi connectivity index (χ1n) is 9.70. The van der Waals surface area contributed by atoms with Gasteiger partial charge in [-0.1, -0.05) is 54.7 Å². The van der Waals surface area contributed by atoms with Gasteiger partial charge in [0.25, 0.3) is 0 Å². The van der Waals surface area contributed by atoms with Gasteiger partial charge in [-0.25, -0.2) is 0 Å². The lowest BCUT2D eigenvalue weighted by atomic mass is 10.0. The first-order chi connectivity index (χ1) is 12.8. The summed E-state index contributed by atoms with van der Waals surface area (Å²) < 4.78 is 0. The van der Waals surface area contributed by atoms with Crippen LogP contribution in [0.3, 0.4) is 0 Å². The Labute approximate surface area is 157 Å². The fourth-order valence-electron chi connectivity index (χ4n) is 3.71. The Bertz CT molecular complexity index is 716. The minimum absolute atomic E-state index is 0.226. The van der Waals surface area contributed by atoms with E-state index in [1.165, 1.54) is 5.57 Å². The molecular formula is C23H28N2O. The summed E-state index contributed by atoms with van der Waals surface area (Å²) in [7, 11) is 0. The summed E-state index contributed by atoms with van der Waals surface area (Å²) in [5.74, 6) is 6.43. The number of nitrogens with zero attached hydrogens (tertiary/aromatic N) is 2. The maximum atomic E-state index is 12.5. The average Bonchev–Trinajstić information content (AvgIpc) is 2.97. The second-order valence-corrected chi connectivity index (χ2v) is 6.96. The van der Waals surface area contributed by atoms with E-state index in [0.29, 0.717) is 12.5 Å². The van der Waals surface area contributed by atoms with Crippen LogP contribution in [0.2, 0.25) is 0 Å². The number of anilines is 1. The molecule has 1 aromatic rings. The quantitative estimate of drug-likeness (QED) is 0.720.